The van der Waals surface area contributed by atoms with Crippen LogP contribution >= 0.6 is 0 Å². The summed E-state index contributed by atoms with van der Waals surface area (Å²) in [6.45, 7) is 0. The van der Waals surface area contributed by atoms with Gasteiger partial charge in [-0.05, 0) is 11.8 Å². The fourth-order valence-corrected chi connectivity index (χ4v) is 1.46. The molecular formula is C12H5F5IrN-. The first-order chi connectivity index (χ1) is 8.41. The van der Waals surface area contributed by atoms with Crippen LogP contribution in [0.15, 0.2) is 30.5 Å². The molecule has 1 aromatic carbocycles. The zero-order valence-corrected chi connectivity index (χ0v) is 11.5. The number of rotatable bonds is 1. The van der Waals surface area contributed by atoms with Crippen LogP contribution in [0.2, 0.25) is 0 Å². The monoisotopic (exact) mass is 451 g/mol. The molecule has 0 unspecified atom stereocenters. The largest absolute Gasteiger partial charge is 0.405 e. The molecule has 7 heteroatoms. The first-order valence-electron chi connectivity index (χ1n) is 4.79. The minimum absolute atomic E-state index is 0. The minimum Gasteiger partial charge on any atom is -0.305 e. The predicted octanol–water partition coefficient (Wildman–Crippen LogP) is 3.84. The minimum atomic E-state index is -5.10. The van der Waals surface area contributed by atoms with Crippen molar-refractivity contribution in [1.82, 2.24) is 4.98 Å². The second kappa shape index (κ2) is 5.75. The van der Waals surface area contributed by atoms with Crippen LogP contribution in [0.5, 0.6) is 0 Å². The van der Waals surface area contributed by atoms with E-state index in [2.05, 4.69) is 11.1 Å². The molecule has 1 radical (unpaired) electrons. The van der Waals surface area contributed by atoms with Gasteiger partial charge in [0, 0.05) is 31.9 Å². The molecule has 0 atom stereocenters. The Labute approximate surface area is 118 Å². The molecule has 0 bridgehead atoms. The first kappa shape index (κ1) is 15.7. The van der Waals surface area contributed by atoms with Crippen molar-refractivity contribution in [2.75, 3.05) is 0 Å². The van der Waals surface area contributed by atoms with Crippen LogP contribution in [0.25, 0.3) is 11.3 Å². The molecule has 0 aliphatic heterocycles. The third-order valence-electron chi connectivity index (χ3n) is 2.23. The number of hydrogen-bond acceptors (Lipinski definition) is 1. The van der Waals surface area contributed by atoms with Crippen molar-refractivity contribution in [1.29, 1.82) is 0 Å². The predicted molar refractivity (Wildman–Crippen MR) is 53.4 cm³/mol. The van der Waals surface area contributed by atoms with Crippen molar-refractivity contribution in [2.24, 2.45) is 0 Å². The van der Waals surface area contributed by atoms with Gasteiger partial charge in [0.05, 0.1) is 11.6 Å². The first-order valence-corrected chi connectivity index (χ1v) is 4.79. The van der Waals surface area contributed by atoms with E-state index in [-0.39, 0.29) is 25.8 Å². The van der Waals surface area contributed by atoms with Gasteiger partial charge in [0.1, 0.15) is 0 Å². The van der Waals surface area contributed by atoms with Crippen LogP contribution in [0.4, 0.5) is 22.0 Å². The van der Waals surface area contributed by atoms with E-state index in [1.165, 1.54) is 24.4 Å². The average molecular weight is 450 g/mol. The van der Waals surface area contributed by atoms with Gasteiger partial charge in [0.25, 0.3) is 0 Å². The average Bonchev–Trinajstić information content (AvgIpc) is 2.28. The summed E-state index contributed by atoms with van der Waals surface area (Å²) in [5.41, 5.74) is -2.48. The van der Waals surface area contributed by atoms with Crippen LogP contribution in [-0.4, -0.2) is 4.98 Å². The number of benzene rings is 1. The van der Waals surface area contributed by atoms with Gasteiger partial charge in [0.2, 0.25) is 0 Å². The Hall–Kier alpha value is -1.33. The standard InChI is InChI=1S/C12H5F5N.Ir/c13-8-5-4-7(9-3-1-2-6-18-9)11(14)10(8)12(15,16)17;/h1-3,5-6H;/q-1;. The zero-order chi connectivity index (χ0) is 13.3. The fourth-order valence-electron chi connectivity index (χ4n) is 1.46. The van der Waals surface area contributed by atoms with Crippen molar-refractivity contribution in [3.8, 4) is 11.3 Å². The van der Waals surface area contributed by atoms with E-state index in [1.54, 1.807) is 0 Å². The molecular weight excluding hydrogens is 445 g/mol. The van der Waals surface area contributed by atoms with Gasteiger partial charge in [-0.1, -0.05) is 17.7 Å². The van der Waals surface area contributed by atoms with Crippen LogP contribution in [-0.2, 0) is 26.3 Å². The van der Waals surface area contributed by atoms with E-state index in [0.717, 1.165) is 0 Å². The maximum atomic E-state index is 13.7. The Morgan fingerprint density at radius 2 is 1.79 bits per heavy atom. The molecule has 0 aliphatic rings. The molecule has 0 spiro atoms. The normalized spacial score (nSPS) is 11.0. The molecule has 2 rings (SSSR count). The maximum Gasteiger partial charge on any atom is 0.405 e. The number of hydrogen-bond donors (Lipinski definition) is 0. The number of aromatic nitrogens is 1. The Morgan fingerprint density at radius 3 is 2.32 bits per heavy atom. The van der Waals surface area contributed by atoms with E-state index in [9.17, 15) is 22.0 Å². The van der Waals surface area contributed by atoms with Crippen LogP contribution in [0.3, 0.4) is 0 Å². The molecule has 0 N–H and O–H groups in total. The number of pyridine rings is 1. The quantitative estimate of drug-likeness (QED) is 0.475. The van der Waals surface area contributed by atoms with Gasteiger partial charge < -0.3 is 4.98 Å². The van der Waals surface area contributed by atoms with E-state index in [0.29, 0.717) is 6.07 Å². The van der Waals surface area contributed by atoms with Crippen LogP contribution in [0, 0.1) is 17.7 Å². The molecule has 0 saturated carbocycles. The number of halogens is 5. The van der Waals surface area contributed by atoms with Gasteiger partial charge in [-0.3, -0.25) is 8.78 Å². The second-order valence-corrected chi connectivity index (χ2v) is 3.41. The maximum absolute atomic E-state index is 13.7. The summed E-state index contributed by atoms with van der Waals surface area (Å²) < 4.78 is 64.2. The van der Waals surface area contributed by atoms with Crippen molar-refractivity contribution >= 4 is 0 Å². The fraction of sp³-hybridized carbons (Fsp3) is 0.0833. The molecule has 1 aromatic heterocycles. The van der Waals surface area contributed by atoms with E-state index >= 15 is 0 Å². The summed E-state index contributed by atoms with van der Waals surface area (Å²) in [5, 5.41) is 0. The van der Waals surface area contributed by atoms with Crippen molar-refractivity contribution in [3.05, 3.63) is 53.7 Å². The Bertz CT molecular complexity index is 568. The van der Waals surface area contributed by atoms with Gasteiger partial charge in [-0.25, -0.2) is 0 Å². The van der Waals surface area contributed by atoms with E-state index < -0.39 is 28.9 Å². The van der Waals surface area contributed by atoms with Crippen molar-refractivity contribution in [3.63, 3.8) is 0 Å². The van der Waals surface area contributed by atoms with Crippen LogP contribution in [0.1, 0.15) is 5.56 Å². The molecule has 19 heavy (non-hydrogen) atoms. The zero-order valence-electron chi connectivity index (χ0n) is 9.06. The Balaban J connectivity index is 0.00000180. The summed E-state index contributed by atoms with van der Waals surface area (Å²) in [6.07, 6.45) is -3.81. The molecule has 1 heterocycles. The Kier molecular flexibility index (Phi) is 4.76. The Morgan fingerprint density at radius 1 is 1.11 bits per heavy atom. The second-order valence-electron chi connectivity index (χ2n) is 3.41. The van der Waals surface area contributed by atoms with Crippen LogP contribution < -0.4 is 0 Å². The van der Waals surface area contributed by atoms with Gasteiger partial charge >= 0.3 is 6.18 Å². The smallest absolute Gasteiger partial charge is 0.305 e. The molecule has 2 aromatic rings. The molecule has 0 amide bonds. The third-order valence-corrected chi connectivity index (χ3v) is 2.23. The topological polar surface area (TPSA) is 12.9 Å². The van der Waals surface area contributed by atoms with Gasteiger partial charge in [-0.15, -0.1) is 12.1 Å². The molecule has 0 saturated heterocycles. The number of nitrogens with zero attached hydrogens (tertiary/aromatic N) is 1. The van der Waals surface area contributed by atoms with E-state index in [1.807, 2.05) is 0 Å². The van der Waals surface area contributed by atoms with Gasteiger partial charge in [-0.2, -0.15) is 13.2 Å². The summed E-state index contributed by atoms with van der Waals surface area (Å²) in [7, 11) is 0. The molecule has 1 nitrogen and oxygen atoms in total. The molecule has 0 fully saturated rings. The third kappa shape index (κ3) is 3.16. The number of alkyl halides is 3. The summed E-state index contributed by atoms with van der Waals surface area (Å²) in [5.74, 6) is -3.40. The van der Waals surface area contributed by atoms with Crippen molar-refractivity contribution in [2.45, 2.75) is 6.18 Å². The summed E-state index contributed by atoms with van der Waals surface area (Å²) in [6, 6.07) is 6.89. The summed E-state index contributed by atoms with van der Waals surface area (Å²) >= 11 is 0. The SMILES string of the molecule is Fc1c[c-]c(-c2ccccn2)c(F)c1C(F)(F)F.[Ir]. The van der Waals surface area contributed by atoms with Gasteiger partial charge in [0.15, 0.2) is 0 Å². The van der Waals surface area contributed by atoms with E-state index in [4.69, 9.17) is 0 Å². The van der Waals surface area contributed by atoms with Crippen molar-refractivity contribution < 1.29 is 42.1 Å². The summed E-state index contributed by atoms with van der Waals surface area (Å²) in [4.78, 5) is 3.70. The molecule has 0 aliphatic carbocycles. The molecule has 103 valence electrons.